The van der Waals surface area contributed by atoms with Gasteiger partial charge in [-0.1, -0.05) is 55.7 Å². The van der Waals surface area contributed by atoms with E-state index < -0.39 is 0 Å². The van der Waals surface area contributed by atoms with Gasteiger partial charge >= 0.3 is 0 Å². The molecule has 0 amide bonds. The van der Waals surface area contributed by atoms with Crippen molar-refractivity contribution in [2.75, 3.05) is 0 Å². The molecule has 0 spiro atoms. The van der Waals surface area contributed by atoms with Gasteiger partial charge in [0.2, 0.25) is 0 Å². The topological polar surface area (TPSA) is 17.1 Å². The second-order valence-electron chi connectivity index (χ2n) is 5.96. The van der Waals surface area contributed by atoms with Crippen molar-refractivity contribution in [3.05, 3.63) is 23.3 Å². The molecule has 1 aliphatic rings. The molecule has 1 aliphatic carbocycles. The predicted molar refractivity (Wildman–Crippen MR) is 83.3 cm³/mol. The van der Waals surface area contributed by atoms with Crippen LogP contribution in [0.1, 0.15) is 84.5 Å². The van der Waals surface area contributed by atoms with E-state index in [9.17, 15) is 4.79 Å². The van der Waals surface area contributed by atoms with Crippen LogP contribution in [0.5, 0.6) is 0 Å². The van der Waals surface area contributed by atoms with E-state index in [1.807, 2.05) is 6.08 Å². The fourth-order valence-electron chi connectivity index (χ4n) is 2.59. The number of ketones is 1. The van der Waals surface area contributed by atoms with Gasteiger partial charge < -0.3 is 0 Å². The summed E-state index contributed by atoms with van der Waals surface area (Å²) in [6.07, 6.45) is 17.1. The van der Waals surface area contributed by atoms with E-state index in [0.29, 0.717) is 5.78 Å². The first kappa shape index (κ1) is 16.2. The van der Waals surface area contributed by atoms with Crippen LogP contribution in [0, 0.1) is 0 Å². The van der Waals surface area contributed by atoms with E-state index in [4.69, 9.17) is 0 Å². The van der Waals surface area contributed by atoms with Crippen LogP contribution in [0.4, 0.5) is 0 Å². The van der Waals surface area contributed by atoms with E-state index in [0.717, 1.165) is 19.3 Å². The van der Waals surface area contributed by atoms with Gasteiger partial charge in [-0.2, -0.15) is 0 Å². The molecule has 0 fully saturated rings. The third-order valence-electron chi connectivity index (χ3n) is 4.18. The monoisotopic (exact) mass is 262 g/mol. The average molecular weight is 262 g/mol. The van der Waals surface area contributed by atoms with Crippen LogP contribution in [0.3, 0.4) is 0 Å². The molecule has 0 atom stereocenters. The van der Waals surface area contributed by atoms with Crippen molar-refractivity contribution in [2.24, 2.45) is 0 Å². The fourth-order valence-corrected chi connectivity index (χ4v) is 2.59. The molecular weight excluding hydrogens is 232 g/mol. The molecule has 1 heteroatoms. The highest BCUT2D eigenvalue weighted by Crippen LogP contribution is 2.18. The summed E-state index contributed by atoms with van der Waals surface area (Å²) in [5.41, 5.74) is 2.96. The van der Waals surface area contributed by atoms with E-state index in [2.05, 4.69) is 13.8 Å². The van der Waals surface area contributed by atoms with Crippen molar-refractivity contribution >= 4 is 5.78 Å². The summed E-state index contributed by atoms with van der Waals surface area (Å²) in [4.78, 5) is 11.7. The Hall–Kier alpha value is -0.850. The fraction of sp³-hybridized carbons (Fsp3) is 0.722. The first-order chi connectivity index (χ1) is 9.20. The maximum atomic E-state index is 11.7. The zero-order valence-electron chi connectivity index (χ0n) is 12.8. The summed E-state index contributed by atoms with van der Waals surface area (Å²) in [5.74, 6) is 0.303. The second-order valence-corrected chi connectivity index (χ2v) is 5.96. The quantitative estimate of drug-likeness (QED) is 0.508. The van der Waals surface area contributed by atoms with Gasteiger partial charge in [-0.25, -0.2) is 0 Å². The Morgan fingerprint density at radius 1 is 0.737 bits per heavy atom. The Kier molecular flexibility index (Phi) is 8.53. The van der Waals surface area contributed by atoms with Crippen molar-refractivity contribution in [3.8, 4) is 0 Å². The summed E-state index contributed by atoms with van der Waals surface area (Å²) in [5, 5.41) is 0. The van der Waals surface area contributed by atoms with E-state index in [1.54, 1.807) is 6.08 Å². The third kappa shape index (κ3) is 8.02. The first-order valence-electron chi connectivity index (χ1n) is 8.05. The molecule has 0 aliphatic heterocycles. The van der Waals surface area contributed by atoms with Crippen molar-refractivity contribution in [2.45, 2.75) is 84.5 Å². The van der Waals surface area contributed by atoms with Crippen LogP contribution in [0.15, 0.2) is 23.3 Å². The molecular formula is C18H30O. The standard InChI is InChI=1S/C18H30O/c1-16-12-9-7-5-3-4-6-8-10-14-18(19)15-11-13-17(16)2/h11,15H,3-10,12-14H2,1-2H3/b15-11-,17-16+. The van der Waals surface area contributed by atoms with Gasteiger partial charge in [0, 0.05) is 6.42 Å². The normalized spacial score (nSPS) is 27.2. The molecule has 0 radical (unpaired) electrons. The van der Waals surface area contributed by atoms with Crippen molar-refractivity contribution in [3.63, 3.8) is 0 Å². The molecule has 0 bridgehead atoms. The lowest BCUT2D eigenvalue weighted by molar-refractivity contribution is -0.114. The minimum atomic E-state index is 0.303. The van der Waals surface area contributed by atoms with Gasteiger partial charge in [-0.15, -0.1) is 0 Å². The minimum absolute atomic E-state index is 0.303. The molecule has 0 saturated carbocycles. The molecule has 108 valence electrons. The number of rotatable bonds is 0. The summed E-state index contributed by atoms with van der Waals surface area (Å²) in [6.45, 7) is 4.45. The highest BCUT2D eigenvalue weighted by Gasteiger charge is 2.00. The lowest BCUT2D eigenvalue weighted by Crippen LogP contribution is -1.93. The molecule has 0 aromatic carbocycles. The number of allylic oxidation sites excluding steroid dienone is 4. The maximum Gasteiger partial charge on any atom is 0.155 e. The highest BCUT2D eigenvalue weighted by atomic mass is 16.1. The zero-order valence-corrected chi connectivity index (χ0v) is 12.8. The smallest absolute Gasteiger partial charge is 0.155 e. The van der Waals surface area contributed by atoms with Crippen LogP contribution < -0.4 is 0 Å². The van der Waals surface area contributed by atoms with Crippen LogP contribution >= 0.6 is 0 Å². The lowest BCUT2D eigenvalue weighted by Gasteiger charge is -2.07. The van der Waals surface area contributed by atoms with Crippen LogP contribution in [-0.2, 0) is 4.79 Å². The van der Waals surface area contributed by atoms with Crippen LogP contribution in [0.25, 0.3) is 0 Å². The summed E-state index contributed by atoms with van der Waals surface area (Å²) >= 11 is 0. The molecule has 1 rings (SSSR count). The Balaban J connectivity index is 2.49. The van der Waals surface area contributed by atoms with Crippen LogP contribution in [0.2, 0.25) is 0 Å². The van der Waals surface area contributed by atoms with Crippen molar-refractivity contribution < 1.29 is 4.79 Å². The summed E-state index contributed by atoms with van der Waals surface area (Å²) in [7, 11) is 0. The number of hydrogen-bond acceptors (Lipinski definition) is 1. The molecule has 1 nitrogen and oxygen atoms in total. The first-order valence-corrected chi connectivity index (χ1v) is 8.05. The molecule has 0 N–H and O–H groups in total. The van der Waals surface area contributed by atoms with Gasteiger partial charge in [0.05, 0.1) is 0 Å². The minimum Gasteiger partial charge on any atom is -0.295 e. The third-order valence-corrected chi connectivity index (χ3v) is 4.18. The van der Waals surface area contributed by atoms with Gasteiger partial charge in [-0.3, -0.25) is 4.79 Å². The summed E-state index contributed by atoms with van der Waals surface area (Å²) in [6, 6.07) is 0. The largest absolute Gasteiger partial charge is 0.295 e. The Morgan fingerprint density at radius 3 is 1.89 bits per heavy atom. The van der Waals surface area contributed by atoms with Crippen molar-refractivity contribution in [1.29, 1.82) is 0 Å². The van der Waals surface area contributed by atoms with Crippen molar-refractivity contribution in [1.82, 2.24) is 0 Å². The maximum absolute atomic E-state index is 11.7. The lowest BCUT2D eigenvalue weighted by atomic mass is 9.99. The molecule has 19 heavy (non-hydrogen) atoms. The second kappa shape index (κ2) is 10.00. The Labute approximate surface area is 119 Å². The van der Waals surface area contributed by atoms with Gasteiger partial charge in [0.1, 0.15) is 0 Å². The van der Waals surface area contributed by atoms with E-state index in [-0.39, 0.29) is 0 Å². The molecule has 0 unspecified atom stereocenters. The van der Waals surface area contributed by atoms with Gasteiger partial charge in [-0.05, 0) is 45.6 Å². The Bertz CT molecular complexity index is 323. The Morgan fingerprint density at radius 2 is 1.26 bits per heavy atom. The van der Waals surface area contributed by atoms with Crippen LogP contribution in [-0.4, -0.2) is 5.78 Å². The number of carbonyl (C=O) groups is 1. The van der Waals surface area contributed by atoms with Gasteiger partial charge in [0.25, 0.3) is 0 Å². The number of hydrogen-bond donors (Lipinski definition) is 0. The van der Waals surface area contributed by atoms with E-state index >= 15 is 0 Å². The van der Waals surface area contributed by atoms with Gasteiger partial charge in [0.15, 0.2) is 5.78 Å². The molecule has 0 saturated heterocycles. The molecule has 0 aromatic heterocycles. The molecule has 0 heterocycles. The average Bonchev–Trinajstić information content (AvgIpc) is 2.39. The number of carbonyl (C=O) groups excluding carboxylic acids is 1. The predicted octanol–water partition coefficient (Wildman–Crippen LogP) is 5.75. The highest BCUT2D eigenvalue weighted by molar-refractivity contribution is 5.89. The van der Waals surface area contributed by atoms with E-state index in [1.165, 1.54) is 62.5 Å². The zero-order chi connectivity index (χ0) is 13.9. The molecule has 0 aromatic rings. The summed E-state index contributed by atoms with van der Waals surface area (Å²) < 4.78 is 0. The SMILES string of the molecule is C/C1=C(/C)CCCCCCCCCCC(=O)/C=C\C1.